The minimum atomic E-state index is -0.342. The normalized spacial score (nSPS) is 18.8. The van der Waals surface area contributed by atoms with Crippen molar-refractivity contribution in [3.8, 4) is 17.6 Å². The van der Waals surface area contributed by atoms with E-state index in [1.165, 1.54) is 11.8 Å². The number of benzene rings is 2. The van der Waals surface area contributed by atoms with E-state index >= 15 is 0 Å². The van der Waals surface area contributed by atoms with Gasteiger partial charge in [0.2, 0.25) is 5.91 Å². The number of fused-ring (bicyclic) bond motifs is 1. The second-order valence-electron chi connectivity index (χ2n) is 7.31. The number of rotatable bonds is 4. The molecule has 0 aliphatic carbocycles. The van der Waals surface area contributed by atoms with Gasteiger partial charge in [-0.25, -0.2) is 0 Å². The molecule has 1 amide bonds. The molecule has 30 heavy (non-hydrogen) atoms. The molecular weight excluding hydrogens is 398 g/mol. The average molecular weight is 422 g/mol. The molecule has 2 aromatic rings. The molecule has 2 aliphatic heterocycles. The predicted octanol–water partition coefficient (Wildman–Crippen LogP) is 4.32. The van der Waals surface area contributed by atoms with Crippen LogP contribution in [0.4, 0.5) is 5.69 Å². The maximum absolute atomic E-state index is 13.1. The van der Waals surface area contributed by atoms with Crippen molar-refractivity contribution in [2.75, 3.05) is 24.1 Å². The van der Waals surface area contributed by atoms with Crippen LogP contribution in [0.15, 0.2) is 53.1 Å². The molecule has 1 atom stereocenters. The summed E-state index contributed by atoms with van der Waals surface area (Å²) in [6, 6.07) is 15.5. The Morgan fingerprint density at radius 2 is 2.10 bits per heavy atom. The predicted molar refractivity (Wildman–Crippen MR) is 117 cm³/mol. The Balaban J connectivity index is 1.67. The van der Waals surface area contributed by atoms with Crippen LogP contribution in [-0.2, 0) is 4.79 Å². The number of phenols is 1. The van der Waals surface area contributed by atoms with Gasteiger partial charge in [-0.3, -0.25) is 9.69 Å². The molecule has 2 aromatic carbocycles. The van der Waals surface area contributed by atoms with Gasteiger partial charge in [0.25, 0.3) is 0 Å². The minimum Gasteiger partial charge on any atom is -0.504 e. The third-order valence-corrected chi connectivity index (χ3v) is 6.59. The topological polar surface area (TPSA) is 76.8 Å². The second-order valence-corrected chi connectivity index (χ2v) is 8.24. The quantitative estimate of drug-likeness (QED) is 0.792. The lowest BCUT2D eigenvalue weighted by Crippen LogP contribution is -2.47. The molecule has 2 aliphatic rings. The standard InChI is InChI=1S/C23H23N3O3S/c1-3-29-21-10-16(8-9-20(21)27)17-11-22(28)26-13-25(14-30-23(26)18(17)12-24)19-7-5-4-6-15(19)2/h4-10,17,27H,3,11,13-14H2,1-2H3/t17-/m1/s1. The van der Waals surface area contributed by atoms with Crippen LogP contribution in [0.2, 0.25) is 0 Å². The first-order chi connectivity index (χ1) is 14.5. The van der Waals surface area contributed by atoms with Gasteiger partial charge < -0.3 is 14.7 Å². The molecule has 154 valence electrons. The number of carbonyl (C=O) groups is 1. The lowest BCUT2D eigenvalue weighted by Gasteiger charge is -2.42. The van der Waals surface area contributed by atoms with Crippen LogP contribution in [0, 0.1) is 18.3 Å². The Kier molecular flexibility index (Phi) is 5.60. The molecule has 1 saturated heterocycles. The Bertz CT molecular complexity index is 1060. The fourth-order valence-electron chi connectivity index (χ4n) is 3.94. The number of thioether (sulfide) groups is 1. The summed E-state index contributed by atoms with van der Waals surface area (Å²) in [6.07, 6.45) is 0.213. The zero-order valence-corrected chi connectivity index (χ0v) is 17.8. The van der Waals surface area contributed by atoms with E-state index < -0.39 is 0 Å². The molecule has 0 radical (unpaired) electrons. The highest BCUT2D eigenvalue weighted by molar-refractivity contribution is 8.03. The van der Waals surface area contributed by atoms with E-state index in [1.54, 1.807) is 23.1 Å². The zero-order chi connectivity index (χ0) is 21.3. The van der Waals surface area contributed by atoms with E-state index in [-0.39, 0.29) is 24.0 Å². The van der Waals surface area contributed by atoms with Gasteiger partial charge in [-0.2, -0.15) is 5.26 Å². The van der Waals surface area contributed by atoms with Crippen molar-refractivity contribution in [1.82, 2.24) is 4.90 Å². The number of ether oxygens (including phenoxy) is 1. The maximum Gasteiger partial charge on any atom is 0.229 e. The maximum atomic E-state index is 13.1. The van der Waals surface area contributed by atoms with E-state index in [2.05, 4.69) is 30.0 Å². The molecule has 7 heteroatoms. The van der Waals surface area contributed by atoms with E-state index in [9.17, 15) is 15.2 Å². The number of hydrogen-bond acceptors (Lipinski definition) is 6. The smallest absolute Gasteiger partial charge is 0.229 e. The van der Waals surface area contributed by atoms with Gasteiger partial charge in [-0.05, 0) is 43.2 Å². The largest absolute Gasteiger partial charge is 0.504 e. The van der Waals surface area contributed by atoms with Gasteiger partial charge in [0.1, 0.15) is 0 Å². The van der Waals surface area contributed by atoms with E-state index in [1.807, 2.05) is 19.1 Å². The number of carbonyl (C=O) groups excluding carboxylic acids is 1. The van der Waals surface area contributed by atoms with Gasteiger partial charge in [0, 0.05) is 18.0 Å². The van der Waals surface area contributed by atoms with Gasteiger partial charge in [-0.15, -0.1) is 0 Å². The first-order valence-corrected chi connectivity index (χ1v) is 10.9. The molecule has 4 rings (SSSR count). The van der Waals surface area contributed by atoms with Crippen molar-refractivity contribution in [2.24, 2.45) is 0 Å². The summed E-state index contributed by atoms with van der Waals surface area (Å²) in [4.78, 5) is 17.0. The van der Waals surface area contributed by atoms with Crippen LogP contribution in [0.1, 0.15) is 30.4 Å². The van der Waals surface area contributed by atoms with Crippen molar-refractivity contribution < 1.29 is 14.6 Å². The van der Waals surface area contributed by atoms with Crippen LogP contribution >= 0.6 is 11.8 Å². The molecule has 0 bridgehead atoms. The molecular formula is C23H23N3O3S. The number of allylic oxidation sites excluding steroid dienone is 1. The van der Waals surface area contributed by atoms with E-state index in [4.69, 9.17) is 4.74 Å². The number of phenolic OH excluding ortho intramolecular Hbond substituents is 1. The van der Waals surface area contributed by atoms with E-state index in [0.29, 0.717) is 30.5 Å². The van der Waals surface area contributed by atoms with Crippen molar-refractivity contribution in [3.63, 3.8) is 0 Å². The number of amides is 1. The van der Waals surface area contributed by atoms with Gasteiger partial charge in [-0.1, -0.05) is 36.0 Å². The van der Waals surface area contributed by atoms with Crippen LogP contribution in [-0.4, -0.2) is 35.1 Å². The molecule has 6 nitrogen and oxygen atoms in total. The van der Waals surface area contributed by atoms with Crippen LogP contribution < -0.4 is 9.64 Å². The Labute approximate surface area is 180 Å². The molecule has 2 heterocycles. The summed E-state index contributed by atoms with van der Waals surface area (Å²) in [6.45, 7) is 4.76. The summed E-state index contributed by atoms with van der Waals surface area (Å²) in [5.41, 5.74) is 3.64. The molecule has 1 N–H and O–H groups in total. The Morgan fingerprint density at radius 3 is 2.83 bits per heavy atom. The number of aryl methyl sites for hydroxylation is 1. The molecule has 1 fully saturated rings. The van der Waals surface area contributed by atoms with Gasteiger partial charge in [0.05, 0.1) is 35.8 Å². The Hall–Kier alpha value is -3.11. The summed E-state index contributed by atoms with van der Waals surface area (Å²) in [7, 11) is 0. The van der Waals surface area contributed by atoms with Crippen molar-refractivity contribution in [1.29, 1.82) is 5.26 Å². The van der Waals surface area contributed by atoms with Gasteiger partial charge >= 0.3 is 0 Å². The van der Waals surface area contributed by atoms with E-state index in [0.717, 1.165) is 21.8 Å². The van der Waals surface area contributed by atoms with Crippen LogP contribution in [0.5, 0.6) is 11.5 Å². The highest BCUT2D eigenvalue weighted by Crippen LogP contribution is 2.44. The average Bonchev–Trinajstić information content (AvgIpc) is 2.75. The fraction of sp³-hybridized carbons (Fsp3) is 0.304. The van der Waals surface area contributed by atoms with Crippen molar-refractivity contribution >= 4 is 23.4 Å². The number of nitrogens with zero attached hydrogens (tertiary/aromatic N) is 3. The lowest BCUT2D eigenvalue weighted by molar-refractivity contribution is -0.129. The number of hydrogen-bond donors (Lipinski definition) is 1. The number of nitriles is 1. The van der Waals surface area contributed by atoms with Crippen LogP contribution in [0.3, 0.4) is 0 Å². The van der Waals surface area contributed by atoms with Crippen molar-refractivity contribution in [2.45, 2.75) is 26.2 Å². The third-order valence-electron chi connectivity index (χ3n) is 5.44. The summed E-state index contributed by atoms with van der Waals surface area (Å²) in [5.74, 6) is 0.740. The summed E-state index contributed by atoms with van der Waals surface area (Å²) < 4.78 is 5.49. The number of para-hydroxylation sites is 1. The Morgan fingerprint density at radius 1 is 1.30 bits per heavy atom. The molecule has 0 unspecified atom stereocenters. The van der Waals surface area contributed by atoms with Crippen molar-refractivity contribution in [3.05, 3.63) is 64.2 Å². The number of anilines is 1. The monoisotopic (exact) mass is 421 g/mol. The first-order valence-electron chi connectivity index (χ1n) is 9.87. The molecule has 0 saturated carbocycles. The van der Waals surface area contributed by atoms with Gasteiger partial charge in [0.15, 0.2) is 11.5 Å². The summed E-state index contributed by atoms with van der Waals surface area (Å²) in [5, 5.41) is 20.7. The second kappa shape index (κ2) is 8.33. The summed E-state index contributed by atoms with van der Waals surface area (Å²) >= 11 is 1.52. The van der Waals surface area contributed by atoms with Crippen LogP contribution in [0.25, 0.3) is 0 Å². The lowest BCUT2D eigenvalue weighted by atomic mass is 9.86. The first kappa shape index (κ1) is 20.2. The third kappa shape index (κ3) is 3.59. The highest BCUT2D eigenvalue weighted by Gasteiger charge is 2.38. The number of aromatic hydroxyl groups is 1. The minimum absolute atomic E-state index is 0.00850. The zero-order valence-electron chi connectivity index (χ0n) is 17.0. The fourth-order valence-corrected chi connectivity index (χ4v) is 5.09. The molecule has 0 aromatic heterocycles. The highest BCUT2D eigenvalue weighted by atomic mass is 32.2. The SMILES string of the molecule is CCOc1cc([C@H]2CC(=O)N3CN(c4ccccc4C)CSC3=C2C#N)ccc1O. The molecule has 0 spiro atoms.